The zero-order chi connectivity index (χ0) is 9.40. The molecule has 0 spiro atoms. The lowest BCUT2D eigenvalue weighted by Gasteiger charge is -2.12. The van der Waals surface area contributed by atoms with Crippen molar-refractivity contribution in [3.63, 3.8) is 0 Å². The van der Waals surface area contributed by atoms with Crippen molar-refractivity contribution in [1.29, 1.82) is 0 Å². The average Bonchev–Trinajstić information content (AvgIpc) is 2.10. The van der Waals surface area contributed by atoms with Crippen LogP contribution in [0.25, 0.3) is 0 Å². The highest BCUT2D eigenvalue weighted by atomic mass is 16.5. The Hall–Kier alpha value is -0.830. The number of ether oxygens (including phenoxy) is 1. The van der Waals surface area contributed by atoms with E-state index in [0.717, 1.165) is 13.1 Å². The monoisotopic (exact) mass is 171 g/mol. The van der Waals surface area contributed by atoms with Crippen LogP contribution in [0.15, 0.2) is 12.2 Å². The van der Waals surface area contributed by atoms with Gasteiger partial charge in [0.25, 0.3) is 0 Å². The van der Waals surface area contributed by atoms with Crippen molar-refractivity contribution >= 4 is 5.97 Å². The van der Waals surface area contributed by atoms with Crippen LogP contribution in [0, 0.1) is 0 Å². The van der Waals surface area contributed by atoms with Gasteiger partial charge >= 0.3 is 5.97 Å². The average molecular weight is 171 g/mol. The van der Waals surface area contributed by atoms with E-state index >= 15 is 0 Å². The number of hydrogen-bond acceptors (Lipinski definition) is 3. The van der Waals surface area contributed by atoms with E-state index in [1.807, 2.05) is 20.0 Å². The summed E-state index contributed by atoms with van der Waals surface area (Å²) in [7, 11) is 3.39. The summed E-state index contributed by atoms with van der Waals surface area (Å²) in [5, 5.41) is 0. The third-order valence-corrected chi connectivity index (χ3v) is 1.58. The first-order valence-electron chi connectivity index (χ1n) is 4.07. The highest BCUT2D eigenvalue weighted by molar-refractivity contribution is 5.69. The lowest BCUT2D eigenvalue weighted by Crippen LogP contribution is -2.22. The second-order valence-corrected chi connectivity index (χ2v) is 2.66. The molecule has 0 radical (unpaired) electrons. The summed E-state index contributed by atoms with van der Waals surface area (Å²) in [6.07, 6.45) is 4.51. The van der Waals surface area contributed by atoms with E-state index in [9.17, 15) is 4.79 Å². The molecule has 0 aromatic carbocycles. The molecule has 0 heterocycles. The lowest BCUT2D eigenvalue weighted by atomic mass is 10.4. The van der Waals surface area contributed by atoms with Gasteiger partial charge in [-0.3, -0.25) is 4.79 Å². The summed E-state index contributed by atoms with van der Waals surface area (Å²) in [4.78, 5) is 12.8. The van der Waals surface area contributed by atoms with Crippen molar-refractivity contribution in [3.05, 3.63) is 12.2 Å². The molecule has 0 aromatic rings. The molecular formula is C9H17NO2. The van der Waals surface area contributed by atoms with E-state index in [4.69, 9.17) is 0 Å². The fourth-order valence-electron chi connectivity index (χ4n) is 0.761. The topological polar surface area (TPSA) is 29.5 Å². The smallest absolute Gasteiger partial charge is 0.306 e. The summed E-state index contributed by atoms with van der Waals surface area (Å²) < 4.78 is 4.52. The summed E-state index contributed by atoms with van der Waals surface area (Å²) in [5.41, 5.74) is 0. The van der Waals surface area contributed by atoms with Crippen molar-refractivity contribution in [2.45, 2.75) is 13.3 Å². The highest BCUT2D eigenvalue weighted by Gasteiger charge is 2.01. The second kappa shape index (κ2) is 6.85. The molecule has 0 aliphatic carbocycles. The zero-order valence-electron chi connectivity index (χ0n) is 8.04. The van der Waals surface area contributed by atoms with Gasteiger partial charge in [-0.15, -0.1) is 0 Å². The number of nitrogens with zero attached hydrogens (tertiary/aromatic N) is 1. The van der Waals surface area contributed by atoms with Crippen LogP contribution in [-0.2, 0) is 9.53 Å². The van der Waals surface area contributed by atoms with E-state index in [1.165, 1.54) is 7.11 Å². The molecule has 0 saturated carbocycles. The van der Waals surface area contributed by atoms with Crippen molar-refractivity contribution in [1.82, 2.24) is 4.90 Å². The molecule has 3 nitrogen and oxygen atoms in total. The predicted octanol–water partition coefficient (Wildman–Crippen LogP) is 1.06. The van der Waals surface area contributed by atoms with E-state index in [-0.39, 0.29) is 5.97 Å². The highest BCUT2D eigenvalue weighted by Crippen LogP contribution is 1.89. The molecule has 0 saturated heterocycles. The summed E-state index contributed by atoms with van der Waals surface area (Å²) in [6.45, 7) is 3.61. The molecule has 0 N–H and O–H groups in total. The quantitative estimate of drug-likeness (QED) is 0.457. The van der Waals surface area contributed by atoms with Gasteiger partial charge in [-0.05, 0) is 14.0 Å². The Bertz CT molecular complexity index is 155. The van der Waals surface area contributed by atoms with Crippen molar-refractivity contribution in [2.24, 2.45) is 0 Å². The van der Waals surface area contributed by atoms with Gasteiger partial charge in [0, 0.05) is 13.1 Å². The first-order chi connectivity index (χ1) is 5.70. The predicted molar refractivity (Wildman–Crippen MR) is 48.9 cm³/mol. The summed E-state index contributed by atoms with van der Waals surface area (Å²) in [5.74, 6) is -0.151. The van der Waals surface area contributed by atoms with Crippen LogP contribution in [0.2, 0.25) is 0 Å². The van der Waals surface area contributed by atoms with Gasteiger partial charge in [0.1, 0.15) is 0 Å². The minimum Gasteiger partial charge on any atom is -0.469 e. The van der Waals surface area contributed by atoms with Gasteiger partial charge in [-0.2, -0.15) is 0 Å². The number of carbonyl (C=O) groups is 1. The summed E-state index contributed by atoms with van der Waals surface area (Å²) in [6, 6.07) is 0. The van der Waals surface area contributed by atoms with Crippen molar-refractivity contribution < 1.29 is 9.53 Å². The molecule has 3 heteroatoms. The number of esters is 1. The number of carbonyl (C=O) groups excluding carboxylic acids is 1. The molecule has 0 aliphatic heterocycles. The largest absolute Gasteiger partial charge is 0.469 e. The molecule has 0 rings (SSSR count). The van der Waals surface area contributed by atoms with Crippen LogP contribution in [0.5, 0.6) is 0 Å². The molecule has 12 heavy (non-hydrogen) atoms. The van der Waals surface area contributed by atoms with Crippen LogP contribution >= 0.6 is 0 Å². The Morgan fingerprint density at radius 2 is 2.25 bits per heavy atom. The maximum absolute atomic E-state index is 10.7. The van der Waals surface area contributed by atoms with Crippen molar-refractivity contribution in [3.8, 4) is 0 Å². The number of rotatable bonds is 5. The number of allylic oxidation sites excluding steroid dienone is 1. The van der Waals surface area contributed by atoms with E-state index in [2.05, 4.69) is 15.7 Å². The molecule has 0 unspecified atom stereocenters. The Labute approximate surface area is 74.0 Å². The SMILES string of the molecule is CC=CCN(C)CCC(=O)OC. The van der Waals surface area contributed by atoms with Gasteiger partial charge in [0.2, 0.25) is 0 Å². The Kier molecular flexibility index (Phi) is 6.38. The molecule has 0 amide bonds. The minimum absolute atomic E-state index is 0.151. The Morgan fingerprint density at radius 3 is 2.75 bits per heavy atom. The first kappa shape index (κ1) is 11.2. The van der Waals surface area contributed by atoms with Crippen molar-refractivity contribution in [2.75, 3.05) is 27.2 Å². The minimum atomic E-state index is -0.151. The zero-order valence-corrected chi connectivity index (χ0v) is 8.04. The second-order valence-electron chi connectivity index (χ2n) is 2.66. The molecule has 0 aromatic heterocycles. The third kappa shape index (κ3) is 5.92. The van der Waals surface area contributed by atoms with E-state index < -0.39 is 0 Å². The normalized spacial score (nSPS) is 11.0. The number of methoxy groups -OCH3 is 1. The van der Waals surface area contributed by atoms with Gasteiger partial charge in [0.05, 0.1) is 13.5 Å². The Balaban J connectivity index is 3.43. The molecule has 0 bridgehead atoms. The summed E-state index contributed by atoms with van der Waals surface area (Å²) >= 11 is 0. The third-order valence-electron chi connectivity index (χ3n) is 1.58. The Morgan fingerprint density at radius 1 is 1.58 bits per heavy atom. The number of likely N-dealkylation sites (N-methyl/N-ethyl adjacent to an activating group) is 1. The first-order valence-corrected chi connectivity index (χ1v) is 4.07. The molecule has 0 atom stereocenters. The fourth-order valence-corrected chi connectivity index (χ4v) is 0.761. The van der Waals surface area contributed by atoms with Gasteiger partial charge < -0.3 is 9.64 Å². The number of hydrogen-bond donors (Lipinski definition) is 0. The fraction of sp³-hybridized carbons (Fsp3) is 0.667. The van der Waals surface area contributed by atoms with E-state index in [1.54, 1.807) is 0 Å². The van der Waals surface area contributed by atoms with Gasteiger partial charge in [-0.1, -0.05) is 12.2 Å². The maximum atomic E-state index is 10.7. The van der Waals surface area contributed by atoms with E-state index in [0.29, 0.717) is 6.42 Å². The van der Waals surface area contributed by atoms with Crippen LogP contribution in [-0.4, -0.2) is 38.1 Å². The molecule has 0 fully saturated rings. The molecular weight excluding hydrogens is 154 g/mol. The molecule has 70 valence electrons. The lowest BCUT2D eigenvalue weighted by molar-refractivity contribution is -0.140. The standard InChI is InChI=1S/C9H17NO2/c1-4-5-7-10(2)8-6-9(11)12-3/h4-5H,6-8H2,1-3H3. The van der Waals surface area contributed by atoms with Gasteiger partial charge in [-0.25, -0.2) is 0 Å². The van der Waals surface area contributed by atoms with Crippen LogP contribution in [0.1, 0.15) is 13.3 Å². The van der Waals surface area contributed by atoms with Gasteiger partial charge in [0.15, 0.2) is 0 Å². The van der Waals surface area contributed by atoms with Crippen LogP contribution in [0.4, 0.5) is 0 Å². The maximum Gasteiger partial charge on any atom is 0.306 e. The molecule has 0 aliphatic rings. The van der Waals surface area contributed by atoms with Crippen LogP contribution < -0.4 is 0 Å². The van der Waals surface area contributed by atoms with Crippen LogP contribution in [0.3, 0.4) is 0 Å².